The van der Waals surface area contributed by atoms with Crippen LogP contribution in [0.3, 0.4) is 0 Å². The summed E-state index contributed by atoms with van der Waals surface area (Å²) in [6.45, 7) is 0. The molecule has 0 bridgehead atoms. The lowest BCUT2D eigenvalue weighted by molar-refractivity contribution is -0.151. The van der Waals surface area contributed by atoms with Gasteiger partial charge in [-0.1, -0.05) is 35.2 Å². The summed E-state index contributed by atoms with van der Waals surface area (Å²) < 4.78 is 0.991. The number of hydrogen-bond acceptors (Lipinski definition) is 2. The molecule has 0 radical (unpaired) electrons. The van der Waals surface area contributed by atoms with E-state index in [1.54, 1.807) is 0 Å². The Morgan fingerprint density at radius 2 is 2.10 bits per heavy atom. The van der Waals surface area contributed by atoms with Crippen molar-refractivity contribution in [3.05, 3.63) is 28.5 Å². The molecule has 1 aromatic carbocycles. The highest BCUT2D eigenvalue weighted by molar-refractivity contribution is 9.10. The third kappa shape index (κ3) is 2.46. The van der Waals surface area contributed by atoms with Crippen LogP contribution < -0.4 is 0 Å². The lowest BCUT2D eigenvalue weighted by Gasteiger charge is -2.32. The van der Waals surface area contributed by atoms with Crippen molar-refractivity contribution in [2.75, 3.05) is 0 Å². The molecule has 3 rings (SSSR count). The van der Waals surface area contributed by atoms with Crippen LogP contribution in [0.25, 0.3) is 11.0 Å². The number of carbonyl (C=O) groups is 1. The van der Waals surface area contributed by atoms with E-state index in [0.717, 1.165) is 53.4 Å². The number of aliphatic carboxylic acids is 1. The number of benzene rings is 1. The highest BCUT2D eigenvalue weighted by Crippen LogP contribution is 2.39. The molecule has 2 N–H and O–H groups in total. The number of aromatic amines is 1. The number of imidazole rings is 1. The van der Waals surface area contributed by atoms with Gasteiger partial charge in [-0.3, -0.25) is 4.79 Å². The van der Waals surface area contributed by atoms with Crippen LogP contribution in [-0.4, -0.2) is 21.0 Å². The van der Waals surface area contributed by atoms with Gasteiger partial charge in [0.1, 0.15) is 5.82 Å². The molecule has 1 saturated carbocycles. The SMILES string of the molecule is O=C(O)C1(Cc2nc3ccc(Br)cc3[nH]2)CCCCC1. The summed E-state index contributed by atoms with van der Waals surface area (Å²) in [4.78, 5) is 19.5. The van der Waals surface area contributed by atoms with Crippen LogP contribution in [0.4, 0.5) is 0 Å². The first-order valence-corrected chi connectivity index (χ1v) is 7.76. The lowest BCUT2D eigenvalue weighted by Crippen LogP contribution is -2.35. The number of H-pyrrole nitrogens is 1. The number of aromatic nitrogens is 2. The van der Waals surface area contributed by atoms with E-state index in [-0.39, 0.29) is 0 Å². The molecule has 1 heterocycles. The number of rotatable bonds is 3. The van der Waals surface area contributed by atoms with E-state index in [2.05, 4.69) is 25.9 Å². The van der Waals surface area contributed by atoms with E-state index >= 15 is 0 Å². The predicted octanol–water partition coefficient (Wildman–Crippen LogP) is 3.90. The monoisotopic (exact) mass is 336 g/mol. The summed E-state index contributed by atoms with van der Waals surface area (Å²) in [5, 5.41) is 9.62. The summed E-state index contributed by atoms with van der Waals surface area (Å²) in [6, 6.07) is 5.86. The van der Waals surface area contributed by atoms with Crippen molar-refractivity contribution in [1.29, 1.82) is 0 Å². The highest BCUT2D eigenvalue weighted by Gasteiger charge is 2.40. The molecule has 1 aromatic heterocycles. The van der Waals surface area contributed by atoms with E-state index < -0.39 is 11.4 Å². The molecule has 4 nitrogen and oxygen atoms in total. The van der Waals surface area contributed by atoms with Crippen LogP contribution >= 0.6 is 15.9 Å². The van der Waals surface area contributed by atoms with Gasteiger partial charge in [0.25, 0.3) is 0 Å². The minimum absolute atomic E-state index is 0.495. The van der Waals surface area contributed by atoms with Gasteiger partial charge in [0.2, 0.25) is 0 Å². The van der Waals surface area contributed by atoms with Gasteiger partial charge in [-0.2, -0.15) is 0 Å². The number of carboxylic acids is 1. The maximum absolute atomic E-state index is 11.7. The molecule has 0 unspecified atom stereocenters. The minimum Gasteiger partial charge on any atom is -0.481 e. The number of nitrogens with zero attached hydrogens (tertiary/aromatic N) is 1. The molecule has 20 heavy (non-hydrogen) atoms. The van der Waals surface area contributed by atoms with Crippen molar-refractivity contribution in [2.45, 2.75) is 38.5 Å². The summed E-state index contributed by atoms with van der Waals surface area (Å²) >= 11 is 3.43. The van der Waals surface area contributed by atoms with Crippen LogP contribution in [0.2, 0.25) is 0 Å². The molecule has 5 heteroatoms. The van der Waals surface area contributed by atoms with Crippen molar-refractivity contribution >= 4 is 32.9 Å². The molecule has 2 aromatic rings. The van der Waals surface area contributed by atoms with E-state index in [4.69, 9.17) is 0 Å². The first-order chi connectivity index (χ1) is 9.59. The lowest BCUT2D eigenvalue weighted by atomic mass is 9.72. The second-order valence-electron chi connectivity index (χ2n) is 5.67. The van der Waals surface area contributed by atoms with Crippen LogP contribution in [-0.2, 0) is 11.2 Å². The summed E-state index contributed by atoms with van der Waals surface area (Å²) in [6.07, 6.45) is 5.14. The molecule has 106 valence electrons. The Hall–Kier alpha value is -1.36. The van der Waals surface area contributed by atoms with E-state index in [1.807, 2.05) is 18.2 Å². The fraction of sp³-hybridized carbons (Fsp3) is 0.467. The predicted molar refractivity (Wildman–Crippen MR) is 80.7 cm³/mol. The number of carboxylic acid groups (broad SMARTS) is 1. The van der Waals surface area contributed by atoms with Crippen LogP contribution in [0.5, 0.6) is 0 Å². The number of fused-ring (bicyclic) bond motifs is 1. The van der Waals surface area contributed by atoms with Gasteiger partial charge >= 0.3 is 5.97 Å². The van der Waals surface area contributed by atoms with E-state index in [9.17, 15) is 9.90 Å². The van der Waals surface area contributed by atoms with Crippen molar-refractivity contribution < 1.29 is 9.90 Å². The van der Waals surface area contributed by atoms with Crippen LogP contribution in [0.15, 0.2) is 22.7 Å². The molecule has 0 amide bonds. The number of hydrogen-bond donors (Lipinski definition) is 2. The zero-order valence-electron chi connectivity index (χ0n) is 11.2. The first-order valence-electron chi connectivity index (χ1n) is 6.97. The Morgan fingerprint density at radius 1 is 1.35 bits per heavy atom. The Morgan fingerprint density at radius 3 is 2.80 bits per heavy atom. The van der Waals surface area contributed by atoms with E-state index in [0.29, 0.717) is 6.42 Å². The van der Waals surface area contributed by atoms with Gasteiger partial charge in [-0.05, 0) is 31.0 Å². The second-order valence-corrected chi connectivity index (χ2v) is 6.58. The Labute approximate surface area is 125 Å². The average Bonchev–Trinajstić information content (AvgIpc) is 2.80. The molecule has 0 atom stereocenters. The fourth-order valence-corrected chi connectivity index (χ4v) is 3.49. The van der Waals surface area contributed by atoms with Crippen LogP contribution in [0.1, 0.15) is 37.9 Å². The minimum atomic E-state index is -0.682. The van der Waals surface area contributed by atoms with Gasteiger partial charge in [0.15, 0.2) is 0 Å². The summed E-state index contributed by atoms with van der Waals surface area (Å²) in [5.74, 6) is 0.0984. The van der Waals surface area contributed by atoms with Crippen molar-refractivity contribution in [3.8, 4) is 0 Å². The molecule has 0 spiro atoms. The van der Waals surface area contributed by atoms with Crippen LogP contribution in [0, 0.1) is 5.41 Å². The van der Waals surface area contributed by atoms with Gasteiger partial charge in [-0.25, -0.2) is 4.98 Å². The average molecular weight is 337 g/mol. The van der Waals surface area contributed by atoms with Crippen molar-refractivity contribution in [1.82, 2.24) is 9.97 Å². The number of nitrogens with one attached hydrogen (secondary N) is 1. The Balaban J connectivity index is 1.92. The standard InChI is InChI=1S/C15H17BrN2O2/c16-10-4-5-11-12(8-10)18-13(17-11)9-15(14(19)20)6-2-1-3-7-15/h4-5,8H,1-3,6-7,9H2,(H,17,18)(H,19,20). The zero-order valence-corrected chi connectivity index (χ0v) is 12.7. The van der Waals surface area contributed by atoms with Gasteiger partial charge in [0.05, 0.1) is 16.4 Å². The molecule has 1 fully saturated rings. The maximum Gasteiger partial charge on any atom is 0.310 e. The smallest absolute Gasteiger partial charge is 0.310 e. The zero-order chi connectivity index (χ0) is 14.2. The topological polar surface area (TPSA) is 66.0 Å². The van der Waals surface area contributed by atoms with Crippen molar-refractivity contribution in [2.24, 2.45) is 5.41 Å². The molecular formula is C15H17BrN2O2. The van der Waals surface area contributed by atoms with Gasteiger partial charge < -0.3 is 10.1 Å². The second kappa shape index (κ2) is 5.20. The third-order valence-corrected chi connectivity index (χ3v) is 4.76. The molecule has 0 aliphatic heterocycles. The Kier molecular flexibility index (Phi) is 3.54. The normalized spacial score (nSPS) is 18.2. The van der Waals surface area contributed by atoms with Gasteiger partial charge in [-0.15, -0.1) is 0 Å². The number of halogens is 1. The fourth-order valence-electron chi connectivity index (χ4n) is 3.13. The summed E-state index contributed by atoms with van der Waals surface area (Å²) in [7, 11) is 0. The molecule has 1 aliphatic carbocycles. The molecular weight excluding hydrogens is 320 g/mol. The summed E-state index contributed by atoms with van der Waals surface area (Å²) in [5.41, 5.74) is 1.20. The Bertz CT molecular complexity index is 644. The first kappa shape index (κ1) is 13.6. The molecule has 1 aliphatic rings. The third-order valence-electron chi connectivity index (χ3n) is 4.26. The quantitative estimate of drug-likeness (QED) is 0.893. The van der Waals surface area contributed by atoms with Gasteiger partial charge in [0, 0.05) is 10.9 Å². The largest absolute Gasteiger partial charge is 0.481 e. The maximum atomic E-state index is 11.7. The van der Waals surface area contributed by atoms with Crippen molar-refractivity contribution in [3.63, 3.8) is 0 Å². The molecule has 0 saturated heterocycles. The van der Waals surface area contributed by atoms with E-state index in [1.165, 1.54) is 0 Å². The highest BCUT2D eigenvalue weighted by atomic mass is 79.9.